The lowest BCUT2D eigenvalue weighted by atomic mass is 10.3. The molecule has 4 nitrogen and oxygen atoms in total. The number of halogens is 4. The van der Waals surface area contributed by atoms with Gasteiger partial charge in [0.1, 0.15) is 10.6 Å². The molecule has 9 heteroatoms. The molecule has 84 valence electrons. The summed E-state index contributed by atoms with van der Waals surface area (Å²) in [4.78, 5) is 2.49. The molecule has 1 aromatic heterocycles. The second kappa shape index (κ2) is 4.34. The lowest BCUT2D eigenvalue weighted by Crippen LogP contribution is -2.08. The molecular formula is C6H4ClF2IN2O2S. The van der Waals surface area contributed by atoms with Crippen molar-refractivity contribution in [2.75, 3.05) is 5.73 Å². The van der Waals surface area contributed by atoms with Crippen LogP contribution in [-0.4, -0.2) is 13.4 Å². The predicted molar refractivity (Wildman–Crippen MR) is 59.4 cm³/mol. The maximum absolute atomic E-state index is 12.4. The Hall–Kier alpha value is -0.220. The molecule has 1 rings (SSSR count). The molecule has 15 heavy (non-hydrogen) atoms. The number of hydrogen-bond donors (Lipinski definition) is 1. The van der Waals surface area contributed by atoms with Crippen LogP contribution in [0.4, 0.5) is 14.5 Å². The predicted octanol–water partition coefficient (Wildman–Crippen LogP) is 2.13. The van der Waals surface area contributed by atoms with Gasteiger partial charge in [0.25, 0.3) is 15.5 Å². The molecule has 0 aliphatic heterocycles. The average Bonchev–Trinajstić information content (AvgIpc) is 2.06. The van der Waals surface area contributed by atoms with Gasteiger partial charge in [-0.2, -0.15) is 0 Å². The van der Waals surface area contributed by atoms with Gasteiger partial charge in [-0.3, -0.25) is 4.98 Å². The van der Waals surface area contributed by atoms with Gasteiger partial charge in [-0.15, -0.1) is 0 Å². The Bertz CT molecular complexity index is 494. The quantitative estimate of drug-likeness (QED) is 0.641. The standard InChI is InChI=1S/C6H4ClF2IN2O2S/c7-15(13,14)5-3(11)2(10)1-12-4(5)6(8)9/h1,6H,(H2,11,12). The fourth-order valence-electron chi connectivity index (χ4n) is 0.913. The summed E-state index contributed by atoms with van der Waals surface area (Å²) in [7, 11) is 0.669. The van der Waals surface area contributed by atoms with Crippen LogP contribution in [0.15, 0.2) is 11.1 Å². The average molecular weight is 369 g/mol. The molecule has 1 heterocycles. The van der Waals surface area contributed by atoms with Gasteiger partial charge < -0.3 is 5.73 Å². The van der Waals surface area contributed by atoms with Crippen molar-refractivity contribution in [1.29, 1.82) is 0 Å². The minimum absolute atomic E-state index is 0.247. The SMILES string of the molecule is Nc1c(I)cnc(C(F)F)c1S(=O)(=O)Cl. The summed E-state index contributed by atoms with van der Waals surface area (Å²) in [6, 6.07) is 0. The first kappa shape index (κ1) is 12.8. The van der Waals surface area contributed by atoms with Gasteiger partial charge in [0, 0.05) is 16.9 Å². The number of nitrogen functional groups attached to an aromatic ring is 1. The largest absolute Gasteiger partial charge is 0.397 e. The first-order valence-corrected chi connectivity index (χ1v) is 6.80. The van der Waals surface area contributed by atoms with E-state index in [1.54, 1.807) is 22.6 Å². The summed E-state index contributed by atoms with van der Waals surface area (Å²) < 4.78 is 47.2. The number of hydrogen-bond acceptors (Lipinski definition) is 4. The molecule has 0 spiro atoms. The first-order valence-electron chi connectivity index (χ1n) is 3.42. The molecule has 1 aromatic rings. The van der Waals surface area contributed by atoms with Crippen LogP contribution in [-0.2, 0) is 9.05 Å². The Labute approximate surface area is 102 Å². The molecule has 0 aliphatic rings. The third-order valence-corrected chi connectivity index (χ3v) is 3.74. The molecule has 0 bridgehead atoms. The number of nitrogens with two attached hydrogens (primary N) is 1. The molecule has 0 aromatic carbocycles. The summed E-state index contributed by atoms with van der Waals surface area (Å²) >= 11 is 1.67. The minimum Gasteiger partial charge on any atom is -0.397 e. The molecule has 0 aliphatic carbocycles. The van der Waals surface area contributed by atoms with E-state index < -0.39 is 26.1 Å². The zero-order valence-electron chi connectivity index (χ0n) is 6.92. The van der Waals surface area contributed by atoms with Gasteiger partial charge in [0.05, 0.1) is 9.26 Å². The summed E-state index contributed by atoms with van der Waals surface area (Å²) in [6.07, 6.45) is -1.99. The molecule has 0 unspecified atom stereocenters. The van der Waals surface area contributed by atoms with Gasteiger partial charge in [-0.25, -0.2) is 17.2 Å². The highest BCUT2D eigenvalue weighted by Crippen LogP contribution is 2.33. The van der Waals surface area contributed by atoms with Crippen molar-refractivity contribution in [1.82, 2.24) is 4.98 Å². The Kier molecular flexibility index (Phi) is 3.71. The third kappa shape index (κ3) is 2.67. The molecule has 0 atom stereocenters. The molecule has 0 amide bonds. The van der Waals surface area contributed by atoms with Crippen molar-refractivity contribution in [3.05, 3.63) is 15.5 Å². The molecule has 0 radical (unpaired) electrons. The highest BCUT2D eigenvalue weighted by molar-refractivity contribution is 14.1. The zero-order valence-corrected chi connectivity index (χ0v) is 10.6. The molecule has 2 N–H and O–H groups in total. The van der Waals surface area contributed by atoms with Crippen molar-refractivity contribution in [2.45, 2.75) is 11.3 Å². The van der Waals surface area contributed by atoms with E-state index in [9.17, 15) is 17.2 Å². The van der Waals surface area contributed by atoms with Crippen LogP contribution in [0.1, 0.15) is 12.1 Å². The van der Waals surface area contributed by atoms with Gasteiger partial charge in [-0.1, -0.05) is 0 Å². The zero-order chi connectivity index (χ0) is 11.8. The van der Waals surface area contributed by atoms with Crippen LogP contribution < -0.4 is 5.73 Å². The highest BCUT2D eigenvalue weighted by atomic mass is 127. The number of alkyl halides is 2. The second-order valence-electron chi connectivity index (χ2n) is 2.47. The molecule has 0 fully saturated rings. The van der Waals surface area contributed by atoms with Gasteiger partial charge in [0.15, 0.2) is 0 Å². The topological polar surface area (TPSA) is 73.0 Å². The van der Waals surface area contributed by atoms with Crippen LogP contribution in [0.25, 0.3) is 0 Å². The van der Waals surface area contributed by atoms with E-state index in [2.05, 4.69) is 4.98 Å². The molecule has 0 saturated carbocycles. The summed E-state index contributed by atoms with van der Waals surface area (Å²) in [5.74, 6) is 0. The monoisotopic (exact) mass is 368 g/mol. The van der Waals surface area contributed by atoms with Crippen molar-refractivity contribution >= 4 is 48.0 Å². The van der Waals surface area contributed by atoms with Gasteiger partial charge in [-0.05, 0) is 22.6 Å². The number of pyridine rings is 1. The smallest absolute Gasteiger partial charge is 0.281 e. The number of anilines is 1. The second-order valence-corrected chi connectivity index (χ2v) is 6.14. The van der Waals surface area contributed by atoms with Crippen LogP contribution in [0.3, 0.4) is 0 Å². The van der Waals surface area contributed by atoms with Crippen molar-refractivity contribution in [3.8, 4) is 0 Å². The van der Waals surface area contributed by atoms with Crippen LogP contribution >= 0.6 is 33.3 Å². The summed E-state index contributed by atoms with van der Waals surface area (Å²) in [5.41, 5.74) is 4.13. The van der Waals surface area contributed by atoms with E-state index >= 15 is 0 Å². The molecular weight excluding hydrogens is 364 g/mol. The van der Waals surface area contributed by atoms with Gasteiger partial charge >= 0.3 is 0 Å². The lowest BCUT2D eigenvalue weighted by molar-refractivity contribution is 0.142. The van der Waals surface area contributed by atoms with E-state index in [0.717, 1.165) is 6.20 Å². The Morgan fingerprint density at radius 3 is 2.47 bits per heavy atom. The number of aromatic nitrogens is 1. The summed E-state index contributed by atoms with van der Waals surface area (Å²) in [6.45, 7) is 0. The van der Waals surface area contributed by atoms with Crippen LogP contribution in [0, 0.1) is 3.57 Å². The number of nitrogens with zero attached hydrogens (tertiary/aromatic N) is 1. The van der Waals surface area contributed by atoms with E-state index in [1.165, 1.54) is 0 Å². The normalized spacial score (nSPS) is 12.1. The van der Waals surface area contributed by atoms with Crippen LogP contribution in [0.2, 0.25) is 0 Å². The fourth-order valence-corrected chi connectivity index (χ4v) is 2.76. The Balaban J connectivity index is 3.65. The lowest BCUT2D eigenvalue weighted by Gasteiger charge is -2.08. The van der Waals surface area contributed by atoms with Gasteiger partial charge in [0.2, 0.25) is 0 Å². The van der Waals surface area contributed by atoms with Crippen molar-refractivity contribution in [3.63, 3.8) is 0 Å². The van der Waals surface area contributed by atoms with E-state index in [4.69, 9.17) is 16.4 Å². The Morgan fingerprint density at radius 1 is 1.53 bits per heavy atom. The number of rotatable bonds is 2. The fraction of sp³-hybridized carbons (Fsp3) is 0.167. The van der Waals surface area contributed by atoms with Crippen molar-refractivity contribution in [2.24, 2.45) is 0 Å². The maximum atomic E-state index is 12.4. The summed E-state index contributed by atoms with van der Waals surface area (Å²) in [5, 5.41) is 0. The maximum Gasteiger partial charge on any atom is 0.281 e. The van der Waals surface area contributed by atoms with E-state index in [1.807, 2.05) is 0 Å². The molecule has 0 saturated heterocycles. The highest BCUT2D eigenvalue weighted by Gasteiger charge is 2.27. The Morgan fingerprint density at radius 2 is 2.07 bits per heavy atom. The van der Waals surface area contributed by atoms with E-state index in [-0.39, 0.29) is 9.26 Å². The first-order chi connectivity index (χ1) is 6.75. The minimum atomic E-state index is -4.33. The van der Waals surface area contributed by atoms with Crippen LogP contribution in [0.5, 0.6) is 0 Å². The third-order valence-electron chi connectivity index (χ3n) is 1.50. The van der Waals surface area contributed by atoms with Crippen molar-refractivity contribution < 1.29 is 17.2 Å². The van der Waals surface area contributed by atoms with E-state index in [0.29, 0.717) is 0 Å².